The highest BCUT2D eigenvalue weighted by Crippen LogP contribution is 2.35. The van der Waals surface area contributed by atoms with Crippen LogP contribution < -0.4 is 4.90 Å². The molecule has 1 amide bonds. The van der Waals surface area contributed by atoms with Crippen molar-refractivity contribution in [2.45, 2.75) is 25.4 Å². The molecule has 3 rings (SSSR count). The second-order valence-electron chi connectivity index (χ2n) is 6.26. The van der Waals surface area contributed by atoms with Gasteiger partial charge in [0.1, 0.15) is 18.2 Å². The molecule has 0 atom stereocenters. The van der Waals surface area contributed by atoms with E-state index < -0.39 is 16.9 Å². The number of halogens is 4. The van der Waals surface area contributed by atoms with E-state index in [-0.39, 0.29) is 18.1 Å². The van der Waals surface area contributed by atoms with Gasteiger partial charge in [0.15, 0.2) is 5.69 Å². The average Bonchev–Trinajstić information content (AvgIpc) is 2.97. The lowest BCUT2D eigenvalue weighted by Crippen LogP contribution is -2.50. The van der Waals surface area contributed by atoms with Crippen molar-refractivity contribution in [3.8, 4) is 0 Å². The summed E-state index contributed by atoms with van der Waals surface area (Å²) in [5.41, 5.74) is -1.06. The van der Waals surface area contributed by atoms with Crippen LogP contribution in [0.4, 0.5) is 19.0 Å². The minimum absolute atomic E-state index is 0.112. The summed E-state index contributed by atoms with van der Waals surface area (Å²) >= 11 is 9.89. The van der Waals surface area contributed by atoms with Gasteiger partial charge in [0.25, 0.3) is 0 Å². The topological polar surface area (TPSA) is 67.2 Å². The van der Waals surface area contributed by atoms with Crippen LogP contribution >= 0.6 is 24.2 Å². The normalized spacial score (nSPS) is 15.2. The fourth-order valence-electron chi connectivity index (χ4n) is 2.91. The number of anilines is 1. The van der Waals surface area contributed by atoms with E-state index >= 15 is 0 Å². The molecule has 0 aromatic carbocycles. The number of nitrogens with zero attached hydrogens (tertiary/aromatic N) is 6. The fourth-order valence-corrected chi connectivity index (χ4v) is 3.31. The van der Waals surface area contributed by atoms with Gasteiger partial charge in [-0.3, -0.25) is 9.48 Å². The van der Waals surface area contributed by atoms with Gasteiger partial charge in [-0.1, -0.05) is 11.6 Å². The first kappa shape index (κ1) is 20.7. The summed E-state index contributed by atoms with van der Waals surface area (Å²) in [5, 5.41) is 3.00. The maximum absolute atomic E-state index is 12.9. The van der Waals surface area contributed by atoms with Crippen LogP contribution in [0.25, 0.3) is 0 Å². The second kappa shape index (κ2) is 8.16. The number of hydrogen-bond donors (Lipinski definition) is 1. The van der Waals surface area contributed by atoms with Gasteiger partial charge in [0, 0.05) is 32.4 Å². The number of carbonyl (C=O) groups excluding carboxylic acids is 1. The molecule has 28 heavy (non-hydrogen) atoms. The summed E-state index contributed by atoms with van der Waals surface area (Å²) in [5.74, 6) is 1.49. The van der Waals surface area contributed by atoms with Gasteiger partial charge >= 0.3 is 6.18 Å². The molecule has 7 nitrogen and oxygen atoms in total. The largest absolute Gasteiger partial charge is 0.436 e. The van der Waals surface area contributed by atoms with E-state index in [1.807, 2.05) is 4.90 Å². The van der Waals surface area contributed by atoms with Gasteiger partial charge in [0.2, 0.25) is 5.91 Å². The van der Waals surface area contributed by atoms with E-state index in [2.05, 4.69) is 27.7 Å². The Labute approximate surface area is 169 Å². The summed E-state index contributed by atoms with van der Waals surface area (Å²) in [4.78, 5) is 24.6. The first-order chi connectivity index (χ1) is 13.2. The van der Waals surface area contributed by atoms with Crippen molar-refractivity contribution in [2.75, 3.05) is 31.1 Å². The van der Waals surface area contributed by atoms with Crippen LogP contribution in [0.15, 0.2) is 12.3 Å². The minimum Gasteiger partial charge on any atom is -0.353 e. The number of hydrogen-bond acceptors (Lipinski definition) is 6. The molecular weight excluding hydrogens is 417 g/mol. The van der Waals surface area contributed by atoms with E-state index in [1.54, 1.807) is 17.2 Å². The summed E-state index contributed by atoms with van der Waals surface area (Å²) in [6.07, 6.45) is -3.00. The number of carbonyl (C=O) groups is 1. The number of alkyl halides is 3. The number of amides is 1. The van der Waals surface area contributed by atoms with E-state index in [0.717, 1.165) is 10.5 Å². The summed E-state index contributed by atoms with van der Waals surface area (Å²) < 4.78 is 39.8. The Hall–Kier alpha value is -2.01. The number of thiol groups is 1. The Bertz CT molecular complexity index is 867. The number of piperazine rings is 1. The number of aromatic nitrogens is 4. The van der Waals surface area contributed by atoms with Crippen LogP contribution in [0.1, 0.15) is 17.2 Å². The van der Waals surface area contributed by atoms with Crippen LogP contribution in [0.3, 0.4) is 0 Å². The monoisotopic (exact) mass is 434 g/mol. The zero-order chi connectivity index (χ0) is 20.5. The van der Waals surface area contributed by atoms with E-state index in [0.29, 0.717) is 37.8 Å². The molecule has 1 aliphatic heterocycles. The van der Waals surface area contributed by atoms with Gasteiger partial charge in [0.05, 0.1) is 16.5 Å². The van der Waals surface area contributed by atoms with Crippen LogP contribution in [-0.2, 0) is 23.3 Å². The third kappa shape index (κ3) is 4.35. The molecule has 0 aliphatic carbocycles. The Morgan fingerprint density at radius 1 is 1.29 bits per heavy atom. The molecule has 1 fully saturated rings. The maximum Gasteiger partial charge on any atom is 0.436 e. The Balaban J connectivity index is 1.63. The molecule has 12 heteroatoms. The first-order valence-corrected chi connectivity index (χ1v) is 9.47. The van der Waals surface area contributed by atoms with Crippen LogP contribution in [0.2, 0.25) is 5.02 Å². The van der Waals surface area contributed by atoms with E-state index in [4.69, 9.17) is 11.6 Å². The molecule has 1 saturated heterocycles. The lowest BCUT2D eigenvalue weighted by Gasteiger charge is -2.35. The van der Waals surface area contributed by atoms with Gasteiger partial charge in [-0.15, -0.1) is 0 Å². The third-order valence-electron chi connectivity index (χ3n) is 4.48. The maximum atomic E-state index is 12.9. The molecule has 0 radical (unpaired) electrons. The van der Waals surface area contributed by atoms with Crippen LogP contribution in [0, 0.1) is 6.92 Å². The van der Waals surface area contributed by atoms with Crippen molar-refractivity contribution in [1.82, 2.24) is 24.6 Å². The summed E-state index contributed by atoms with van der Waals surface area (Å²) in [6, 6.07) is 1.79. The zero-order valence-electron chi connectivity index (χ0n) is 14.9. The standard InChI is InChI=1S/C16H18ClF3N6OS/c1-10-14(17)15(16(18,19)20)23-26(10)8-13(27)25-6-4-24(5-7-25)12-2-3-21-11(9-28)22-12/h2-3,28H,4-9H2,1H3. The van der Waals surface area contributed by atoms with Crippen molar-refractivity contribution >= 4 is 36.0 Å². The molecular formula is C16H18ClF3N6OS. The van der Waals surface area contributed by atoms with Crippen molar-refractivity contribution in [3.05, 3.63) is 34.5 Å². The lowest BCUT2D eigenvalue weighted by atomic mass is 10.3. The van der Waals surface area contributed by atoms with Crippen molar-refractivity contribution in [3.63, 3.8) is 0 Å². The van der Waals surface area contributed by atoms with E-state index in [1.165, 1.54) is 6.92 Å². The highest BCUT2D eigenvalue weighted by atomic mass is 35.5. The zero-order valence-corrected chi connectivity index (χ0v) is 16.6. The third-order valence-corrected chi connectivity index (χ3v) is 5.21. The van der Waals surface area contributed by atoms with Gasteiger partial charge in [-0.05, 0) is 13.0 Å². The lowest BCUT2D eigenvalue weighted by molar-refractivity contribution is -0.142. The molecule has 3 heterocycles. The van der Waals surface area contributed by atoms with Crippen molar-refractivity contribution in [2.24, 2.45) is 0 Å². The molecule has 0 unspecified atom stereocenters. The van der Waals surface area contributed by atoms with Crippen LogP contribution in [0.5, 0.6) is 0 Å². The highest BCUT2D eigenvalue weighted by molar-refractivity contribution is 7.79. The summed E-state index contributed by atoms with van der Waals surface area (Å²) in [6.45, 7) is 3.09. The Morgan fingerprint density at radius 2 is 1.96 bits per heavy atom. The molecule has 2 aromatic rings. The molecule has 0 saturated carbocycles. The highest BCUT2D eigenvalue weighted by Gasteiger charge is 2.38. The van der Waals surface area contributed by atoms with Crippen molar-refractivity contribution < 1.29 is 18.0 Å². The van der Waals surface area contributed by atoms with Crippen molar-refractivity contribution in [1.29, 1.82) is 0 Å². The predicted octanol–water partition coefficient (Wildman–Crippen LogP) is 2.43. The molecule has 152 valence electrons. The average molecular weight is 435 g/mol. The predicted molar refractivity (Wildman–Crippen MR) is 100 cm³/mol. The second-order valence-corrected chi connectivity index (χ2v) is 6.95. The SMILES string of the molecule is Cc1c(Cl)c(C(F)(F)F)nn1CC(=O)N1CCN(c2ccnc(CS)n2)CC1. The quantitative estimate of drug-likeness (QED) is 0.749. The molecule has 0 spiro atoms. The minimum atomic E-state index is -4.66. The van der Waals surface area contributed by atoms with Gasteiger partial charge in [-0.25, -0.2) is 9.97 Å². The molecule has 1 aliphatic rings. The first-order valence-electron chi connectivity index (χ1n) is 8.46. The Morgan fingerprint density at radius 3 is 2.54 bits per heavy atom. The molecule has 0 N–H and O–H groups in total. The Kier molecular flexibility index (Phi) is 6.04. The summed E-state index contributed by atoms with van der Waals surface area (Å²) in [7, 11) is 0. The van der Waals surface area contributed by atoms with Gasteiger partial charge in [-0.2, -0.15) is 30.9 Å². The number of rotatable bonds is 4. The van der Waals surface area contributed by atoms with Gasteiger partial charge < -0.3 is 9.80 Å². The molecule has 2 aromatic heterocycles. The smallest absolute Gasteiger partial charge is 0.353 e. The van der Waals surface area contributed by atoms with E-state index in [9.17, 15) is 18.0 Å². The van der Waals surface area contributed by atoms with Crippen LogP contribution in [-0.4, -0.2) is 56.7 Å². The molecule has 0 bridgehead atoms. The fraction of sp³-hybridized carbons (Fsp3) is 0.500.